The second-order valence-corrected chi connectivity index (χ2v) is 8.46. The van der Waals surface area contributed by atoms with Crippen molar-refractivity contribution in [2.75, 3.05) is 0 Å². The van der Waals surface area contributed by atoms with Crippen LogP contribution >= 0.6 is 0 Å². The van der Waals surface area contributed by atoms with Gasteiger partial charge in [0.05, 0.1) is 11.7 Å². The van der Waals surface area contributed by atoms with Crippen LogP contribution in [0.15, 0.2) is 59.0 Å². The third-order valence-corrected chi connectivity index (χ3v) is 5.89. The maximum Gasteiger partial charge on any atom is 0.268 e. The standard InChI is InChI=1S/C25H25N5O2/c1-15(2)23-14-22(25-28-27-16(3)32-25)29-30(23)19-11-8-18(9-12-19)24(31)26-21-13-10-17-6-4-5-7-20(17)21/h4-9,11-12,14-15,21H,10,13H2,1-3H3,(H,26,31). The lowest BCUT2D eigenvalue weighted by Crippen LogP contribution is -2.27. The van der Waals surface area contributed by atoms with E-state index in [4.69, 9.17) is 4.42 Å². The van der Waals surface area contributed by atoms with Gasteiger partial charge in [0.25, 0.3) is 11.8 Å². The molecule has 1 aliphatic carbocycles. The Kier molecular flexibility index (Phi) is 5.09. The Morgan fingerprint density at radius 3 is 2.62 bits per heavy atom. The first-order valence-corrected chi connectivity index (χ1v) is 10.9. The summed E-state index contributed by atoms with van der Waals surface area (Å²) in [6.07, 6.45) is 1.94. The first-order chi connectivity index (χ1) is 15.5. The Bertz CT molecular complexity index is 1270. The van der Waals surface area contributed by atoms with Gasteiger partial charge in [0.15, 0.2) is 0 Å². The molecule has 0 fully saturated rings. The van der Waals surface area contributed by atoms with Gasteiger partial charge in [-0.1, -0.05) is 38.1 Å². The van der Waals surface area contributed by atoms with Crippen molar-refractivity contribution in [3.05, 3.63) is 82.9 Å². The van der Waals surface area contributed by atoms with Crippen molar-refractivity contribution in [3.63, 3.8) is 0 Å². The van der Waals surface area contributed by atoms with Gasteiger partial charge < -0.3 is 9.73 Å². The van der Waals surface area contributed by atoms with E-state index in [1.807, 2.05) is 47.1 Å². The molecule has 1 amide bonds. The van der Waals surface area contributed by atoms with Crippen LogP contribution < -0.4 is 5.32 Å². The van der Waals surface area contributed by atoms with Crippen LogP contribution in [0.25, 0.3) is 17.3 Å². The number of aromatic nitrogens is 4. The number of amides is 1. The molecule has 1 N–H and O–H groups in total. The first-order valence-electron chi connectivity index (χ1n) is 10.9. The van der Waals surface area contributed by atoms with Gasteiger partial charge in [0.1, 0.15) is 5.69 Å². The van der Waals surface area contributed by atoms with Gasteiger partial charge in [-0.3, -0.25) is 4.79 Å². The predicted octanol–water partition coefficient (Wildman–Crippen LogP) is 4.77. The second-order valence-electron chi connectivity index (χ2n) is 8.46. The minimum absolute atomic E-state index is 0.0650. The van der Waals surface area contributed by atoms with Crippen LogP contribution in [0.2, 0.25) is 0 Å². The molecule has 2 heterocycles. The van der Waals surface area contributed by atoms with E-state index in [9.17, 15) is 4.79 Å². The normalized spacial score (nSPS) is 15.2. The van der Waals surface area contributed by atoms with Crippen molar-refractivity contribution in [1.82, 2.24) is 25.3 Å². The summed E-state index contributed by atoms with van der Waals surface area (Å²) >= 11 is 0. The molecule has 32 heavy (non-hydrogen) atoms. The monoisotopic (exact) mass is 427 g/mol. The summed E-state index contributed by atoms with van der Waals surface area (Å²) < 4.78 is 7.41. The predicted molar refractivity (Wildman–Crippen MR) is 121 cm³/mol. The van der Waals surface area contributed by atoms with E-state index in [-0.39, 0.29) is 17.9 Å². The van der Waals surface area contributed by atoms with E-state index in [0.717, 1.165) is 24.2 Å². The molecule has 2 aromatic carbocycles. The molecule has 0 spiro atoms. The summed E-state index contributed by atoms with van der Waals surface area (Å²) in [6, 6.07) is 17.9. The number of carbonyl (C=O) groups is 1. The first kappa shape index (κ1) is 20.2. The average Bonchev–Trinajstić information content (AvgIpc) is 3.52. The zero-order chi connectivity index (χ0) is 22.2. The Hall–Kier alpha value is -3.74. The molecule has 0 saturated carbocycles. The maximum atomic E-state index is 12.9. The number of fused-ring (bicyclic) bond motifs is 1. The minimum atomic E-state index is -0.0650. The Morgan fingerprint density at radius 1 is 1.12 bits per heavy atom. The number of rotatable bonds is 5. The van der Waals surface area contributed by atoms with Crippen molar-refractivity contribution in [2.24, 2.45) is 0 Å². The SMILES string of the molecule is Cc1nnc(-c2cc(C(C)C)n(-c3ccc(C(=O)NC4CCc5ccccc54)cc3)n2)o1. The fourth-order valence-electron chi connectivity index (χ4n) is 4.22. The van der Waals surface area contributed by atoms with E-state index < -0.39 is 0 Å². The van der Waals surface area contributed by atoms with E-state index in [1.165, 1.54) is 11.1 Å². The van der Waals surface area contributed by atoms with Crippen molar-refractivity contribution in [2.45, 2.75) is 45.6 Å². The zero-order valence-electron chi connectivity index (χ0n) is 18.4. The highest BCUT2D eigenvalue weighted by Crippen LogP contribution is 2.31. The number of nitrogens with zero attached hydrogens (tertiary/aromatic N) is 4. The minimum Gasteiger partial charge on any atom is -0.420 e. The number of carbonyl (C=O) groups excluding carboxylic acids is 1. The summed E-state index contributed by atoms with van der Waals surface area (Å²) in [5.41, 5.74) is 5.70. The molecular formula is C25H25N5O2. The largest absolute Gasteiger partial charge is 0.420 e. The maximum absolute atomic E-state index is 12.9. The number of hydrogen-bond donors (Lipinski definition) is 1. The van der Waals surface area contributed by atoms with Crippen LogP contribution in [0.3, 0.4) is 0 Å². The summed E-state index contributed by atoms with van der Waals surface area (Å²) in [4.78, 5) is 12.9. The van der Waals surface area contributed by atoms with Gasteiger partial charge in [-0.2, -0.15) is 5.10 Å². The fraction of sp³-hybridized carbons (Fsp3) is 0.280. The van der Waals surface area contributed by atoms with E-state index in [2.05, 4.69) is 46.6 Å². The third-order valence-electron chi connectivity index (χ3n) is 5.89. The van der Waals surface area contributed by atoms with Gasteiger partial charge in [-0.15, -0.1) is 10.2 Å². The molecule has 7 nitrogen and oxygen atoms in total. The number of hydrogen-bond acceptors (Lipinski definition) is 5. The highest BCUT2D eigenvalue weighted by atomic mass is 16.4. The summed E-state index contributed by atoms with van der Waals surface area (Å²) in [6.45, 7) is 5.97. The van der Waals surface area contributed by atoms with E-state index >= 15 is 0 Å². The van der Waals surface area contributed by atoms with Crippen LogP contribution in [0.4, 0.5) is 0 Å². The average molecular weight is 428 g/mol. The van der Waals surface area contributed by atoms with Crippen molar-refractivity contribution in [1.29, 1.82) is 0 Å². The van der Waals surface area contributed by atoms with Gasteiger partial charge in [-0.25, -0.2) is 4.68 Å². The molecule has 2 aromatic heterocycles. The van der Waals surface area contributed by atoms with Crippen molar-refractivity contribution >= 4 is 5.91 Å². The van der Waals surface area contributed by atoms with Gasteiger partial charge in [0, 0.05) is 18.2 Å². The molecule has 0 bridgehead atoms. The van der Waals surface area contributed by atoms with Crippen LogP contribution in [0.1, 0.15) is 65.3 Å². The Labute approximate surface area is 186 Å². The van der Waals surface area contributed by atoms with E-state index in [1.54, 1.807) is 6.92 Å². The molecule has 0 radical (unpaired) electrons. The zero-order valence-corrected chi connectivity index (χ0v) is 18.4. The lowest BCUT2D eigenvalue weighted by Gasteiger charge is -2.15. The van der Waals surface area contributed by atoms with Crippen LogP contribution in [-0.4, -0.2) is 25.9 Å². The highest BCUT2D eigenvalue weighted by molar-refractivity contribution is 5.94. The lowest BCUT2D eigenvalue weighted by molar-refractivity contribution is 0.0936. The molecule has 0 aliphatic heterocycles. The molecular weight excluding hydrogens is 402 g/mol. The molecule has 1 atom stereocenters. The summed E-state index contributed by atoms with van der Waals surface area (Å²) in [7, 11) is 0. The smallest absolute Gasteiger partial charge is 0.268 e. The Morgan fingerprint density at radius 2 is 1.91 bits per heavy atom. The summed E-state index contributed by atoms with van der Waals surface area (Å²) in [5, 5.41) is 15.8. The molecule has 162 valence electrons. The quantitative estimate of drug-likeness (QED) is 0.496. The van der Waals surface area contributed by atoms with Crippen LogP contribution in [-0.2, 0) is 6.42 Å². The number of aryl methyl sites for hydroxylation is 2. The number of benzene rings is 2. The van der Waals surface area contributed by atoms with E-state index in [0.29, 0.717) is 23.0 Å². The van der Waals surface area contributed by atoms with Crippen LogP contribution in [0.5, 0.6) is 0 Å². The van der Waals surface area contributed by atoms with Gasteiger partial charge in [-0.05, 0) is 60.2 Å². The second kappa shape index (κ2) is 8.07. The van der Waals surface area contributed by atoms with Crippen molar-refractivity contribution < 1.29 is 9.21 Å². The van der Waals surface area contributed by atoms with Crippen LogP contribution in [0, 0.1) is 6.92 Å². The third kappa shape index (κ3) is 3.70. The molecule has 5 rings (SSSR count). The lowest BCUT2D eigenvalue weighted by atomic mass is 10.1. The summed E-state index contributed by atoms with van der Waals surface area (Å²) in [5.74, 6) is 1.08. The number of nitrogens with one attached hydrogen (secondary N) is 1. The molecule has 0 saturated heterocycles. The fourth-order valence-corrected chi connectivity index (χ4v) is 4.22. The van der Waals surface area contributed by atoms with Crippen molar-refractivity contribution in [3.8, 4) is 17.3 Å². The molecule has 7 heteroatoms. The Balaban J connectivity index is 1.38. The van der Waals surface area contributed by atoms with Gasteiger partial charge >= 0.3 is 0 Å². The topological polar surface area (TPSA) is 85.8 Å². The highest BCUT2D eigenvalue weighted by Gasteiger charge is 2.24. The molecule has 1 aliphatic rings. The molecule has 1 unspecified atom stereocenters. The molecule has 4 aromatic rings. The van der Waals surface area contributed by atoms with Gasteiger partial charge in [0.2, 0.25) is 5.89 Å².